The molecule has 0 spiro atoms. The smallest absolute Gasteiger partial charge is 0.410 e. The number of carbonyl (C=O) groups excluding carboxylic acids is 4. The Morgan fingerprint density at radius 1 is 1.05 bits per heavy atom. The standard InChI is InChI=1S/C28H33N3O6S/c1-19(2)38-18-25(32)29-22-10-8-21(9-11-22)26(33)30-14-12-23(13-15-30)31-24(17-37-28(31)35)27(34)36-16-20-6-4-3-5-7-20/h3-11,19,23-24H,12-18H2,1-2H3,(H,29,32). The molecule has 1 N–H and O–H groups in total. The highest BCUT2D eigenvalue weighted by Crippen LogP contribution is 2.26. The Kier molecular flexibility index (Phi) is 9.28. The molecule has 1 atom stereocenters. The zero-order chi connectivity index (χ0) is 27.1. The van der Waals surface area contributed by atoms with E-state index in [4.69, 9.17) is 9.47 Å². The van der Waals surface area contributed by atoms with Gasteiger partial charge in [-0.1, -0.05) is 44.2 Å². The summed E-state index contributed by atoms with van der Waals surface area (Å²) in [5.74, 6) is -0.302. The lowest BCUT2D eigenvalue weighted by Gasteiger charge is -2.37. The maximum absolute atomic E-state index is 13.1. The van der Waals surface area contributed by atoms with E-state index in [0.717, 1.165) is 5.56 Å². The molecule has 3 amide bonds. The number of rotatable bonds is 9. The lowest BCUT2D eigenvalue weighted by atomic mass is 10.0. The molecule has 0 aliphatic carbocycles. The first kappa shape index (κ1) is 27.5. The van der Waals surface area contributed by atoms with Crippen molar-refractivity contribution >= 4 is 41.3 Å². The van der Waals surface area contributed by atoms with E-state index in [0.29, 0.717) is 48.2 Å². The molecular formula is C28H33N3O6S. The molecule has 9 nitrogen and oxygen atoms in total. The summed E-state index contributed by atoms with van der Waals surface area (Å²) in [6.45, 7) is 5.07. The van der Waals surface area contributed by atoms with Crippen LogP contribution in [-0.4, -0.2) is 76.5 Å². The SMILES string of the molecule is CC(C)SCC(=O)Nc1ccc(C(=O)N2CCC(N3C(=O)OCC3C(=O)OCc3ccccc3)CC2)cc1. The molecule has 2 aromatic rings. The molecule has 2 aromatic carbocycles. The van der Waals surface area contributed by atoms with E-state index in [1.807, 2.05) is 44.2 Å². The molecule has 2 aliphatic heterocycles. The molecule has 38 heavy (non-hydrogen) atoms. The van der Waals surface area contributed by atoms with Crippen molar-refractivity contribution in [2.75, 3.05) is 30.8 Å². The van der Waals surface area contributed by atoms with Gasteiger partial charge in [0.25, 0.3) is 5.91 Å². The van der Waals surface area contributed by atoms with E-state index >= 15 is 0 Å². The number of hydrogen-bond donors (Lipinski definition) is 1. The Labute approximate surface area is 226 Å². The first-order valence-electron chi connectivity index (χ1n) is 12.8. The first-order chi connectivity index (χ1) is 18.3. The molecular weight excluding hydrogens is 506 g/mol. The molecule has 10 heteroatoms. The van der Waals surface area contributed by atoms with Gasteiger partial charge in [0, 0.05) is 30.4 Å². The van der Waals surface area contributed by atoms with Gasteiger partial charge in [-0.2, -0.15) is 0 Å². The average molecular weight is 540 g/mol. The van der Waals surface area contributed by atoms with E-state index in [1.54, 1.807) is 40.9 Å². The van der Waals surface area contributed by atoms with E-state index in [1.165, 1.54) is 4.90 Å². The molecule has 2 fully saturated rings. The summed E-state index contributed by atoms with van der Waals surface area (Å²) < 4.78 is 10.6. The topological polar surface area (TPSA) is 105 Å². The minimum absolute atomic E-state index is 0.0371. The number of carbonyl (C=O) groups is 4. The number of nitrogens with zero attached hydrogens (tertiary/aromatic N) is 2. The van der Waals surface area contributed by atoms with Crippen molar-refractivity contribution in [2.24, 2.45) is 0 Å². The van der Waals surface area contributed by atoms with Crippen molar-refractivity contribution in [3.8, 4) is 0 Å². The number of likely N-dealkylation sites (tertiary alicyclic amines) is 1. The summed E-state index contributed by atoms with van der Waals surface area (Å²) in [4.78, 5) is 53.5. The number of anilines is 1. The monoisotopic (exact) mass is 539 g/mol. The number of nitrogens with one attached hydrogen (secondary N) is 1. The molecule has 0 bridgehead atoms. The largest absolute Gasteiger partial charge is 0.459 e. The van der Waals surface area contributed by atoms with Crippen LogP contribution in [0.1, 0.15) is 42.6 Å². The van der Waals surface area contributed by atoms with E-state index in [9.17, 15) is 19.2 Å². The van der Waals surface area contributed by atoms with Gasteiger partial charge >= 0.3 is 12.1 Å². The lowest BCUT2D eigenvalue weighted by molar-refractivity contribution is -0.150. The predicted octanol–water partition coefficient (Wildman–Crippen LogP) is 3.94. The fourth-order valence-electron chi connectivity index (χ4n) is 4.51. The third-order valence-corrected chi connectivity index (χ3v) is 7.61. The summed E-state index contributed by atoms with van der Waals surface area (Å²) >= 11 is 1.57. The van der Waals surface area contributed by atoms with Crippen LogP contribution >= 0.6 is 11.8 Å². The number of piperidine rings is 1. The highest BCUT2D eigenvalue weighted by atomic mass is 32.2. The van der Waals surface area contributed by atoms with Gasteiger partial charge in [0.05, 0.1) is 5.75 Å². The average Bonchev–Trinajstić information content (AvgIpc) is 3.32. The number of hydrogen-bond acceptors (Lipinski definition) is 7. The maximum atomic E-state index is 13.1. The van der Waals surface area contributed by atoms with Crippen molar-refractivity contribution < 1.29 is 28.7 Å². The van der Waals surface area contributed by atoms with Gasteiger partial charge in [-0.3, -0.25) is 14.5 Å². The molecule has 2 saturated heterocycles. The Morgan fingerprint density at radius 3 is 2.39 bits per heavy atom. The predicted molar refractivity (Wildman–Crippen MR) is 145 cm³/mol. The maximum Gasteiger partial charge on any atom is 0.410 e. The second-order valence-corrected chi connectivity index (χ2v) is 11.2. The van der Waals surface area contributed by atoms with Gasteiger partial charge in [0.15, 0.2) is 6.04 Å². The van der Waals surface area contributed by atoms with Crippen LogP contribution in [0.4, 0.5) is 10.5 Å². The van der Waals surface area contributed by atoms with Gasteiger partial charge < -0.3 is 19.7 Å². The number of cyclic esters (lactones) is 1. The van der Waals surface area contributed by atoms with Crippen LogP contribution in [0, 0.1) is 0 Å². The zero-order valence-electron chi connectivity index (χ0n) is 21.6. The summed E-state index contributed by atoms with van der Waals surface area (Å²) in [5.41, 5.74) is 2.04. The molecule has 202 valence electrons. The molecule has 4 rings (SSSR count). The summed E-state index contributed by atoms with van der Waals surface area (Å²) in [7, 11) is 0. The Balaban J connectivity index is 1.28. The van der Waals surface area contributed by atoms with Crippen LogP contribution < -0.4 is 5.32 Å². The molecule has 0 saturated carbocycles. The van der Waals surface area contributed by atoms with Crippen molar-refractivity contribution in [3.63, 3.8) is 0 Å². The minimum Gasteiger partial charge on any atom is -0.459 e. The molecule has 2 aliphatic rings. The second-order valence-electron chi connectivity index (χ2n) is 9.60. The van der Waals surface area contributed by atoms with Gasteiger partial charge in [-0.25, -0.2) is 9.59 Å². The first-order valence-corrected chi connectivity index (χ1v) is 13.8. The normalized spacial score (nSPS) is 17.9. The zero-order valence-corrected chi connectivity index (χ0v) is 22.4. The lowest BCUT2D eigenvalue weighted by Crippen LogP contribution is -2.52. The Bertz CT molecular complexity index is 1130. The van der Waals surface area contributed by atoms with Crippen LogP contribution in [0.15, 0.2) is 54.6 Å². The third kappa shape index (κ3) is 7.06. The molecule has 1 unspecified atom stereocenters. The van der Waals surface area contributed by atoms with Crippen molar-refractivity contribution in [3.05, 3.63) is 65.7 Å². The third-order valence-electron chi connectivity index (χ3n) is 6.52. The number of amides is 3. The minimum atomic E-state index is -0.792. The van der Waals surface area contributed by atoms with Crippen molar-refractivity contribution in [1.29, 1.82) is 0 Å². The number of benzene rings is 2. The van der Waals surface area contributed by atoms with Crippen LogP contribution in [0.25, 0.3) is 0 Å². The van der Waals surface area contributed by atoms with E-state index < -0.39 is 18.1 Å². The summed E-state index contributed by atoms with van der Waals surface area (Å²) in [6.07, 6.45) is 0.538. The summed E-state index contributed by atoms with van der Waals surface area (Å²) in [6, 6.07) is 15.2. The van der Waals surface area contributed by atoms with Crippen LogP contribution in [0.5, 0.6) is 0 Å². The van der Waals surface area contributed by atoms with E-state index in [-0.39, 0.29) is 31.1 Å². The van der Waals surface area contributed by atoms with Gasteiger partial charge in [-0.15, -0.1) is 11.8 Å². The molecule has 2 heterocycles. The fraction of sp³-hybridized carbons (Fsp3) is 0.429. The van der Waals surface area contributed by atoms with Crippen molar-refractivity contribution in [1.82, 2.24) is 9.80 Å². The highest BCUT2D eigenvalue weighted by molar-refractivity contribution is 8.00. The van der Waals surface area contributed by atoms with Crippen molar-refractivity contribution in [2.45, 2.75) is 50.6 Å². The number of ether oxygens (including phenoxy) is 2. The van der Waals surface area contributed by atoms with Gasteiger partial charge in [0.1, 0.15) is 13.2 Å². The Morgan fingerprint density at radius 2 is 1.74 bits per heavy atom. The van der Waals surface area contributed by atoms with Crippen LogP contribution in [0.2, 0.25) is 0 Å². The van der Waals surface area contributed by atoms with E-state index in [2.05, 4.69) is 5.32 Å². The quantitative estimate of drug-likeness (QED) is 0.482. The van der Waals surface area contributed by atoms with Gasteiger partial charge in [0.2, 0.25) is 5.91 Å². The van der Waals surface area contributed by atoms with Crippen LogP contribution in [0.3, 0.4) is 0 Å². The number of thioether (sulfide) groups is 1. The highest BCUT2D eigenvalue weighted by Gasteiger charge is 2.44. The summed E-state index contributed by atoms with van der Waals surface area (Å²) in [5, 5.41) is 3.22. The fourth-order valence-corrected chi connectivity index (χ4v) is 5.06. The number of esters is 1. The van der Waals surface area contributed by atoms with Gasteiger partial charge in [-0.05, 0) is 47.9 Å². The molecule has 0 aromatic heterocycles. The Hall–Kier alpha value is -3.53. The molecule has 0 radical (unpaired) electrons. The van der Waals surface area contributed by atoms with Crippen LogP contribution in [-0.2, 0) is 25.7 Å². The second kappa shape index (κ2) is 12.8.